The third kappa shape index (κ3) is 11.4. The van der Waals surface area contributed by atoms with Gasteiger partial charge in [-0.05, 0) is 225 Å². The molecule has 0 atom stereocenters. The Labute approximate surface area is 676 Å². The molecule has 544 valence electrons. The highest BCUT2D eigenvalue weighted by Crippen LogP contribution is 2.43. The van der Waals surface area contributed by atoms with Gasteiger partial charge in [0.1, 0.15) is 0 Å². The van der Waals surface area contributed by atoms with E-state index in [9.17, 15) is 0 Å². The summed E-state index contributed by atoms with van der Waals surface area (Å²) in [5, 5.41) is 26.1. The molecule has 0 amide bonds. The Hall–Kier alpha value is -15.9. The Kier molecular flexibility index (Phi) is 15.2. The predicted octanol–water partition coefficient (Wildman–Crippen LogP) is 28.6. The van der Waals surface area contributed by atoms with E-state index in [1.807, 2.05) is 24.5 Å². The van der Waals surface area contributed by atoms with Crippen molar-refractivity contribution in [3.63, 3.8) is 0 Å². The SMILES string of the molecule is c1ccc2c(c1)cc(-c1ccc3cc(-c4ccc5nc(-c6ccc7cc(-c8ccc9ccc%10cccnc%10c9n8)ccc7c6)ccc5c4)ccc3n1)c1ccccc12.c1cnc2c(c1)ccc1ccc(-c3ccc4cc(-c5ccc6cc(-c7ccc8nc(-c9ccc%10ccc%11cccc%12ccc9c%10c%11%12)ccc8c7)ccc6n5)ccc4c3)nc12. The fourth-order valence-corrected chi connectivity index (χ4v) is 18.0. The first-order chi connectivity index (χ1) is 58.3. The summed E-state index contributed by atoms with van der Waals surface area (Å²) < 4.78 is 0. The van der Waals surface area contributed by atoms with E-state index >= 15 is 0 Å². The van der Waals surface area contributed by atoms with E-state index in [1.165, 1.54) is 53.9 Å². The van der Waals surface area contributed by atoms with Crippen molar-refractivity contribution >= 4 is 163 Å². The van der Waals surface area contributed by atoms with Gasteiger partial charge >= 0.3 is 0 Å². The largest absolute Gasteiger partial charge is 0.254 e. The van der Waals surface area contributed by atoms with Gasteiger partial charge in [-0.3, -0.25) is 9.97 Å². The van der Waals surface area contributed by atoms with Crippen LogP contribution in [0.5, 0.6) is 0 Å². The lowest BCUT2D eigenvalue weighted by Crippen LogP contribution is -1.90. The highest BCUT2D eigenvalue weighted by Gasteiger charge is 2.18. The molecule has 8 aromatic heterocycles. The molecule has 0 aliphatic carbocycles. The van der Waals surface area contributed by atoms with Gasteiger partial charge in [-0.15, -0.1) is 0 Å². The monoisotopic (exact) mass is 1500 g/mol. The lowest BCUT2D eigenvalue weighted by Gasteiger charge is -2.14. The predicted molar refractivity (Wildman–Crippen MR) is 493 cm³/mol. The molecular weight excluding hydrogens is 1430 g/mol. The zero-order valence-corrected chi connectivity index (χ0v) is 63.5. The van der Waals surface area contributed by atoms with Gasteiger partial charge in [0.05, 0.1) is 78.3 Å². The second-order valence-electron chi connectivity index (χ2n) is 30.9. The number of aromatic nitrogens is 8. The fraction of sp³-hybridized carbons (Fsp3) is 0. The highest BCUT2D eigenvalue weighted by atomic mass is 14.8. The maximum absolute atomic E-state index is 5.19. The molecule has 8 heterocycles. The van der Waals surface area contributed by atoms with Gasteiger partial charge in [-0.1, -0.05) is 249 Å². The topological polar surface area (TPSA) is 103 Å². The molecule has 0 aliphatic rings. The Morgan fingerprint density at radius 1 is 0.144 bits per heavy atom. The molecular formula is C110H64N8. The van der Waals surface area contributed by atoms with E-state index in [-0.39, 0.29) is 0 Å². The number of rotatable bonds is 8. The molecule has 0 bridgehead atoms. The van der Waals surface area contributed by atoms with E-state index in [0.717, 1.165) is 199 Å². The number of benzene rings is 17. The average molecular weight is 1500 g/mol. The molecule has 0 N–H and O–H groups in total. The van der Waals surface area contributed by atoms with Crippen LogP contribution in [-0.2, 0) is 0 Å². The summed E-state index contributed by atoms with van der Waals surface area (Å²) in [4.78, 5) is 40.0. The molecule has 8 nitrogen and oxygen atoms in total. The minimum Gasteiger partial charge on any atom is -0.254 e. The maximum atomic E-state index is 5.19. The molecule has 118 heavy (non-hydrogen) atoms. The van der Waals surface area contributed by atoms with Crippen LogP contribution in [0.2, 0.25) is 0 Å². The zero-order valence-electron chi connectivity index (χ0n) is 63.5. The summed E-state index contributed by atoms with van der Waals surface area (Å²) in [7, 11) is 0. The van der Waals surface area contributed by atoms with Gasteiger partial charge in [0.15, 0.2) is 0 Å². The standard InChI is InChI=1S/C56H32N4.C54H32N4/c1-3-33-6-7-35-14-21-46(47-22-15-34(4-1)53(33)54(35)47)52-27-20-45-32-41(18-25-50(45)59-52)40-17-24-48-44(31-40)19-26-49(58-48)42-12-10-39-30-43(13-11-38(39)29-42)51-23-16-37-9-8-36-5-2-28-57-55(36)56(37)60-51;1-2-8-44-39(6-1)32-47(46-10-4-3-9-45(44)46)52-26-21-43-31-38(19-24-50(43)57-52)37-18-23-48-42(30-37)20-25-49(56-48)40-15-13-36-29-41(16-14-35(36)28-40)51-22-17-34-12-11-33-7-5-27-55-53(33)54(34)58-51/h1-32H;1-32H. The van der Waals surface area contributed by atoms with Crippen LogP contribution in [0.1, 0.15) is 0 Å². The smallest absolute Gasteiger partial charge is 0.0972 e. The first kappa shape index (κ1) is 66.7. The van der Waals surface area contributed by atoms with Crippen molar-refractivity contribution in [3.8, 4) is 89.8 Å². The van der Waals surface area contributed by atoms with Crippen molar-refractivity contribution in [1.29, 1.82) is 0 Å². The fourth-order valence-electron chi connectivity index (χ4n) is 18.0. The first-order valence-corrected chi connectivity index (χ1v) is 40.0. The summed E-state index contributed by atoms with van der Waals surface area (Å²) in [5.74, 6) is 0. The van der Waals surface area contributed by atoms with Crippen LogP contribution < -0.4 is 0 Å². The minimum absolute atomic E-state index is 0.927. The number of nitrogens with zero attached hydrogens (tertiary/aromatic N) is 8. The van der Waals surface area contributed by atoms with E-state index in [2.05, 4.69) is 374 Å². The van der Waals surface area contributed by atoms with Crippen LogP contribution >= 0.6 is 0 Å². The van der Waals surface area contributed by atoms with Crippen LogP contribution in [0.25, 0.3) is 252 Å². The van der Waals surface area contributed by atoms with Crippen molar-refractivity contribution in [3.05, 3.63) is 389 Å². The lowest BCUT2D eigenvalue weighted by atomic mass is 9.91. The van der Waals surface area contributed by atoms with Gasteiger partial charge in [0.2, 0.25) is 0 Å². The van der Waals surface area contributed by atoms with Crippen LogP contribution in [0.3, 0.4) is 0 Å². The molecule has 17 aromatic carbocycles. The van der Waals surface area contributed by atoms with Crippen molar-refractivity contribution in [2.24, 2.45) is 0 Å². The average Bonchev–Trinajstić information content (AvgIpc) is 0.734. The molecule has 8 heteroatoms. The third-order valence-electron chi connectivity index (χ3n) is 24.0. The summed E-state index contributed by atoms with van der Waals surface area (Å²) in [6.07, 6.45) is 3.66. The van der Waals surface area contributed by atoms with E-state index in [1.54, 1.807) is 0 Å². The van der Waals surface area contributed by atoms with Gasteiger partial charge in [-0.2, -0.15) is 0 Å². The number of hydrogen-bond donors (Lipinski definition) is 0. The lowest BCUT2D eigenvalue weighted by molar-refractivity contribution is 1.37. The van der Waals surface area contributed by atoms with Gasteiger partial charge in [0, 0.05) is 88.9 Å². The van der Waals surface area contributed by atoms with Crippen LogP contribution in [0.4, 0.5) is 0 Å². The van der Waals surface area contributed by atoms with Gasteiger partial charge in [0.25, 0.3) is 0 Å². The third-order valence-corrected chi connectivity index (χ3v) is 24.0. The molecule has 0 fully saturated rings. The second-order valence-corrected chi connectivity index (χ2v) is 30.9. The maximum Gasteiger partial charge on any atom is 0.0972 e. The second kappa shape index (κ2) is 26.9. The van der Waals surface area contributed by atoms with Crippen LogP contribution in [0.15, 0.2) is 389 Å². The summed E-state index contributed by atoms with van der Waals surface area (Å²) >= 11 is 0. The molecule has 0 unspecified atom stereocenters. The summed E-state index contributed by atoms with van der Waals surface area (Å²) in [5.41, 5.74) is 24.6. The van der Waals surface area contributed by atoms with E-state index in [0.29, 0.717) is 0 Å². The highest BCUT2D eigenvalue weighted by molar-refractivity contribution is 6.25. The number of hydrogen-bond acceptors (Lipinski definition) is 8. The summed E-state index contributed by atoms with van der Waals surface area (Å²) in [6, 6.07) is 134. The molecule has 0 saturated carbocycles. The number of pyridine rings is 8. The van der Waals surface area contributed by atoms with Crippen molar-refractivity contribution < 1.29 is 0 Å². The first-order valence-electron chi connectivity index (χ1n) is 40.0. The van der Waals surface area contributed by atoms with Crippen molar-refractivity contribution in [1.82, 2.24) is 39.9 Å². The Morgan fingerprint density at radius 2 is 0.458 bits per heavy atom. The van der Waals surface area contributed by atoms with Crippen LogP contribution in [-0.4, -0.2) is 39.9 Å². The molecule has 0 aliphatic heterocycles. The molecule has 0 saturated heterocycles. The van der Waals surface area contributed by atoms with Crippen LogP contribution in [0, 0.1) is 0 Å². The van der Waals surface area contributed by atoms with Crippen molar-refractivity contribution in [2.75, 3.05) is 0 Å². The Balaban J connectivity index is 0.000000135. The minimum atomic E-state index is 0.927. The molecule has 0 spiro atoms. The van der Waals surface area contributed by atoms with Crippen molar-refractivity contribution in [2.45, 2.75) is 0 Å². The molecule has 25 aromatic rings. The Bertz CT molecular complexity index is 8530. The summed E-state index contributed by atoms with van der Waals surface area (Å²) in [6.45, 7) is 0. The molecule has 25 rings (SSSR count). The van der Waals surface area contributed by atoms with Gasteiger partial charge in [-0.25, -0.2) is 29.9 Å². The van der Waals surface area contributed by atoms with E-state index in [4.69, 9.17) is 29.9 Å². The quantitative estimate of drug-likeness (QED) is 0.139. The van der Waals surface area contributed by atoms with Gasteiger partial charge < -0.3 is 0 Å². The zero-order chi connectivity index (χ0) is 77.5. The normalized spacial score (nSPS) is 11.9. The van der Waals surface area contributed by atoms with E-state index < -0.39 is 0 Å². The Morgan fingerprint density at radius 3 is 0.932 bits per heavy atom. The number of fused-ring (bicyclic) bond motifs is 15. The molecule has 0 radical (unpaired) electrons.